The number of carboxylic acids is 1. The van der Waals surface area contributed by atoms with Crippen LogP contribution in [0.15, 0.2) is 12.4 Å². The van der Waals surface area contributed by atoms with E-state index in [4.69, 9.17) is 19.4 Å². The van der Waals surface area contributed by atoms with Gasteiger partial charge in [-0.15, -0.1) is 0 Å². The van der Waals surface area contributed by atoms with Crippen LogP contribution in [0.1, 0.15) is 12.8 Å². The zero-order valence-electron chi connectivity index (χ0n) is 16.3. The first-order valence-electron chi connectivity index (χ1n) is 9.11. The van der Waals surface area contributed by atoms with Crippen LogP contribution >= 0.6 is 0 Å². The first-order chi connectivity index (χ1) is 13.6. The number of hydrogen-bond acceptors (Lipinski definition) is 8. The van der Waals surface area contributed by atoms with E-state index in [9.17, 15) is 13.2 Å². The Morgan fingerprint density at radius 2 is 2.17 bits per heavy atom. The van der Waals surface area contributed by atoms with E-state index >= 15 is 0 Å². The summed E-state index contributed by atoms with van der Waals surface area (Å²) in [6, 6.07) is 1.95. The monoisotopic (exact) mass is 421 g/mol. The van der Waals surface area contributed by atoms with Crippen LogP contribution in [0.5, 0.6) is 0 Å². The van der Waals surface area contributed by atoms with E-state index in [1.807, 2.05) is 25.1 Å². The van der Waals surface area contributed by atoms with E-state index < -0.39 is 12.1 Å². The number of alkyl halides is 3. The van der Waals surface area contributed by atoms with Crippen molar-refractivity contribution in [3.63, 3.8) is 0 Å². The fraction of sp³-hybridized carbons (Fsp3) is 0.706. The van der Waals surface area contributed by atoms with E-state index in [1.165, 1.54) is 0 Å². The average molecular weight is 421 g/mol. The number of anilines is 2. The van der Waals surface area contributed by atoms with Crippen LogP contribution < -0.4 is 15.5 Å². The van der Waals surface area contributed by atoms with Crippen molar-refractivity contribution in [1.82, 2.24) is 15.3 Å². The molecule has 9 nitrogen and oxygen atoms in total. The summed E-state index contributed by atoms with van der Waals surface area (Å²) in [6.07, 6.45) is -1.22. The maximum Gasteiger partial charge on any atom is 0.490 e. The lowest BCUT2D eigenvalue weighted by atomic mass is 10.0. The molecule has 1 aromatic rings. The van der Waals surface area contributed by atoms with Gasteiger partial charge in [-0.25, -0.2) is 14.8 Å². The Bertz CT molecular complexity index is 667. The number of carboxylic acid groups (broad SMARTS) is 1. The third-order valence-corrected chi connectivity index (χ3v) is 4.44. The van der Waals surface area contributed by atoms with Gasteiger partial charge < -0.3 is 30.1 Å². The van der Waals surface area contributed by atoms with Crippen molar-refractivity contribution in [2.75, 3.05) is 57.2 Å². The minimum absolute atomic E-state index is 0.149. The van der Waals surface area contributed by atoms with Crippen molar-refractivity contribution >= 4 is 17.6 Å². The summed E-state index contributed by atoms with van der Waals surface area (Å²) in [5, 5.41) is 13.9. The van der Waals surface area contributed by atoms with E-state index in [0.29, 0.717) is 6.61 Å². The summed E-state index contributed by atoms with van der Waals surface area (Å²) in [4.78, 5) is 19.3. The number of halogens is 3. The van der Waals surface area contributed by atoms with Crippen LogP contribution in [-0.2, 0) is 14.3 Å². The predicted molar refractivity (Wildman–Crippen MR) is 99.1 cm³/mol. The number of aromatic nitrogens is 2. The number of nitrogens with zero attached hydrogens (tertiary/aromatic N) is 3. The van der Waals surface area contributed by atoms with Crippen LogP contribution in [0.4, 0.5) is 24.8 Å². The van der Waals surface area contributed by atoms with E-state index in [-0.39, 0.29) is 11.7 Å². The highest BCUT2D eigenvalue weighted by atomic mass is 19.4. The highest BCUT2D eigenvalue weighted by molar-refractivity contribution is 5.73. The molecule has 1 aromatic heterocycles. The third-order valence-electron chi connectivity index (χ3n) is 4.44. The molecule has 0 amide bonds. The summed E-state index contributed by atoms with van der Waals surface area (Å²) in [5.74, 6) is -1.03. The van der Waals surface area contributed by atoms with Gasteiger partial charge in [0.25, 0.3) is 0 Å². The molecule has 0 radical (unpaired) electrons. The highest BCUT2D eigenvalue weighted by Gasteiger charge is 2.41. The van der Waals surface area contributed by atoms with Crippen LogP contribution in [0, 0.1) is 0 Å². The van der Waals surface area contributed by atoms with Gasteiger partial charge in [-0.05, 0) is 12.8 Å². The number of ether oxygens (including phenoxy) is 2. The molecule has 0 bridgehead atoms. The molecule has 2 unspecified atom stereocenters. The molecule has 2 atom stereocenters. The minimum atomic E-state index is -5.08. The fourth-order valence-corrected chi connectivity index (χ4v) is 2.95. The van der Waals surface area contributed by atoms with E-state index in [0.717, 1.165) is 50.7 Å². The Morgan fingerprint density at radius 1 is 1.45 bits per heavy atom. The predicted octanol–water partition coefficient (Wildman–Crippen LogP) is 1.13. The second-order valence-corrected chi connectivity index (χ2v) is 7.03. The Kier molecular flexibility index (Phi) is 7.99. The van der Waals surface area contributed by atoms with Gasteiger partial charge >= 0.3 is 12.1 Å². The Morgan fingerprint density at radius 3 is 2.83 bits per heavy atom. The van der Waals surface area contributed by atoms with Gasteiger partial charge in [0.1, 0.15) is 23.6 Å². The van der Waals surface area contributed by atoms with E-state index in [1.54, 1.807) is 6.33 Å². The van der Waals surface area contributed by atoms with Crippen LogP contribution in [-0.4, -0.2) is 85.9 Å². The SMILES string of the molecule is CN(C)c1cc(NCC2CCC3(CNCCOC3)O2)ncn1.O=C(O)C(F)(F)F. The molecule has 2 saturated heterocycles. The second-order valence-electron chi connectivity index (χ2n) is 7.03. The lowest BCUT2D eigenvalue weighted by Gasteiger charge is -2.27. The Hall–Kier alpha value is -2.18. The molecule has 3 N–H and O–H groups in total. The van der Waals surface area contributed by atoms with Crippen molar-refractivity contribution in [1.29, 1.82) is 0 Å². The maximum atomic E-state index is 10.6. The molecule has 2 fully saturated rings. The molecule has 0 aromatic carbocycles. The van der Waals surface area contributed by atoms with Crippen molar-refractivity contribution < 1.29 is 32.5 Å². The van der Waals surface area contributed by atoms with Crippen molar-refractivity contribution in [3.8, 4) is 0 Å². The second kappa shape index (κ2) is 10.0. The summed E-state index contributed by atoms with van der Waals surface area (Å²) < 4.78 is 43.7. The Balaban J connectivity index is 0.000000370. The number of carbonyl (C=O) groups is 1. The first kappa shape index (κ1) is 23.1. The van der Waals surface area contributed by atoms with Crippen LogP contribution in [0.25, 0.3) is 0 Å². The minimum Gasteiger partial charge on any atom is -0.475 e. The fourth-order valence-electron chi connectivity index (χ4n) is 2.95. The summed E-state index contributed by atoms with van der Waals surface area (Å²) in [7, 11) is 3.93. The Labute approximate surface area is 166 Å². The molecule has 12 heteroatoms. The molecule has 3 heterocycles. The summed E-state index contributed by atoms with van der Waals surface area (Å²) in [6.45, 7) is 3.99. The van der Waals surface area contributed by atoms with Crippen LogP contribution in [0.2, 0.25) is 0 Å². The molecule has 2 aliphatic heterocycles. The normalized spacial score (nSPS) is 24.4. The topological polar surface area (TPSA) is 109 Å². The van der Waals surface area contributed by atoms with Gasteiger partial charge in [0.05, 0.1) is 19.3 Å². The average Bonchev–Trinajstić information content (AvgIpc) is 2.91. The zero-order chi connectivity index (χ0) is 21.5. The van der Waals surface area contributed by atoms with Crippen molar-refractivity contribution in [2.45, 2.75) is 30.7 Å². The molecular weight excluding hydrogens is 395 g/mol. The largest absolute Gasteiger partial charge is 0.490 e. The highest BCUT2D eigenvalue weighted by Crippen LogP contribution is 2.31. The van der Waals surface area contributed by atoms with Gasteiger partial charge in [0.2, 0.25) is 0 Å². The first-order valence-corrected chi connectivity index (χ1v) is 9.11. The van der Waals surface area contributed by atoms with Crippen LogP contribution in [0.3, 0.4) is 0 Å². The molecule has 0 aliphatic carbocycles. The molecular formula is C17H26F3N5O4. The van der Waals surface area contributed by atoms with Crippen molar-refractivity contribution in [2.24, 2.45) is 0 Å². The molecule has 164 valence electrons. The lowest BCUT2D eigenvalue weighted by Crippen LogP contribution is -2.43. The standard InChI is InChI=1S/C15H25N5O2.C2HF3O2/c1-20(2)14-7-13(18-11-19-14)17-8-12-3-4-15(22-12)9-16-5-6-21-10-15;3-2(4,5)1(6)7/h7,11-12,16H,3-6,8-10H2,1-2H3,(H,17,18,19);(H,6,7). The molecule has 3 rings (SSSR count). The smallest absolute Gasteiger partial charge is 0.475 e. The quantitative estimate of drug-likeness (QED) is 0.659. The van der Waals surface area contributed by atoms with Crippen molar-refractivity contribution in [3.05, 3.63) is 12.4 Å². The van der Waals surface area contributed by atoms with Gasteiger partial charge in [0, 0.05) is 39.8 Å². The summed E-state index contributed by atoms with van der Waals surface area (Å²) in [5.41, 5.74) is -0.149. The summed E-state index contributed by atoms with van der Waals surface area (Å²) >= 11 is 0. The van der Waals surface area contributed by atoms with Gasteiger partial charge in [-0.1, -0.05) is 0 Å². The number of nitrogens with one attached hydrogen (secondary N) is 2. The van der Waals surface area contributed by atoms with E-state index in [2.05, 4.69) is 20.6 Å². The van der Waals surface area contributed by atoms with Gasteiger partial charge in [-0.3, -0.25) is 0 Å². The molecule has 1 spiro atoms. The zero-order valence-corrected chi connectivity index (χ0v) is 16.3. The maximum absolute atomic E-state index is 10.6. The number of hydrogen-bond donors (Lipinski definition) is 3. The molecule has 2 aliphatic rings. The third kappa shape index (κ3) is 7.29. The van der Waals surface area contributed by atoms with Gasteiger partial charge in [0.15, 0.2) is 0 Å². The molecule has 29 heavy (non-hydrogen) atoms. The lowest BCUT2D eigenvalue weighted by molar-refractivity contribution is -0.192. The van der Waals surface area contributed by atoms with Gasteiger partial charge in [-0.2, -0.15) is 13.2 Å². The number of aliphatic carboxylic acids is 1. The molecule has 0 saturated carbocycles. The number of rotatable bonds is 4.